The molecule has 0 aliphatic heterocycles. The van der Waals surface area contributed by atoms with E-state index in [4.69, 9.17) is 0 Å². The van der Waals surface area contributed by atoms with Gasteiger partial charge in [0, 0.05) is 23.7 Å². The first-order valence-corrected chi connectivity index (χ1v) is 6.64. The molecule has 0 saturated carbocycles. The molecule has 4 heteroatoms. The number of nitrogens with zero attached hydrogens (tertiary/aromatic N) is 1. The number of phenolic OH excluding ortho intramolecular Hbond substituents is 1. The molecule has 4 nitrogen and oxygen atoms in total. The molecule has 1 aromatic heterocycles. The van der Waals surface area contributed by atoms with E-state index in [0.29, 0.717) is 11.1 Å². The Kier molecular flexibility index (Phi) is 3.51. The Balaban J connectivity index is 1.83. The molecule has 21 heavy (non-hydrogen) atoms. The van der Waals surface area contributed by atoms with Crippen LogP contribution < -0.4 is 5.32 Å². The molecular formula is C17H14N2O2. The molecule has 0 aliphatic carbocycles. The number of aromatic nitrogens is 1. The second kappa shape index (κ2) is 5.63. The average molecular weight is 278 g/mol. The summed E-state index contributed by atoms with van der Waals surface area (Å²) in [5, 5.41) is 13.3. The maximum absolute atomic E-state index is 12.3. The molecule has 3 aromatic rings. The van der Waals surface area contributed by atoms with E-state index in [9.17, 15) is 9.90 Å². The van der Waals surface area contributed by atoms with E-state index in [0.717, 1.165) is 10.9 Å². The normalized spacial score (nSPS) is 10.5. The molecule has 1 heterocycles. The van der Waals surface area contributed by atoms with Crippen LogP contribution in [0.5, 0.6) is 5.75 Å². The number of hydrogen-bond acceptors (Lipinski definition) is 3. The lowest BCUT2D eigenvalue weighted by molar-refractivity contribution is 0.0952. The lowest BCUT2D eigenvalue weighted by Crippen LogP contribution is -2.23. The number of carbonyl (C=O) groups is 1. The van der Waals surface area contributed by atoms with Gasteiger partial charge in [-0.05, 0) is 18.2 Å². The number of hydrogen-bond donors (Lipinski definition) is 2. The number of pyridine rings is 1. The smallest absolute Gasteiger partial charge is 0.252 e. The fraction of sp³-hybridized carbons (Fsp3) is 0.0588. The predicted molar refractivity (Wildman–Crippen MR) is 81.0 cm³/mol. The van der Waals surface area contributed by atoms with Crippen molar-refractivity contribution >= 4 is 16.8 Å². The minimum absolute atomic E-state index is 0.178. The van der Waals surface area contributed by atoms with Crippen LogP contribution in [0.2, 0.25) is 0 Å². The maximum atomic E-state index is 12.3. The Morgan fingerprint density at radius 2 is 1.81 bits per heavy atom. The van der Waals surface area contributed by atoms with Gasteiger partial charge in [-0.25, -0.2) is 0 Å². The quantitative estimate of drug-likeness (QED) is 0.774. The molecule has 2 N–H and O–H groups in total. The number of carbonyl (C=O) groups excluding carboxylic acids is 1. The van der Waals surface area contributed by atoms with Crippen LogP contribution in [-0.4, -0.2) is 16.0 Å². The monoisotopic (exact) mass is 278 g/mol. The molecule has 104 valence electrons. The van der Waals surface area contributed by atoms with Gasteiger partial charge in [0.2, 0.25) is 0 Å². The molecule has 0 unspecified atom stereocenters. The highest BCUT2D eigenvalue weighted by molar-refractivity contribution is 6.05. The highest BCUT2D eigenvalue weighted by atomic mass is 16.3. The van der Waals surface area contributed by atoms with Crippen LogP contribution in [-0.2, 0) is 6.54 Å². The van der Waals surface area contributed by atoms with Crippen molar-refractivity contribution in [3.05, 3.63) is 71.9 Å². The van der Waals surface area contributed by atoms with Crippen molar-refractivity contribution in [3.8, 4) is 5.75 Å². The zero-order valence-electron chi connectivity index (χ0n) is 11.3. The minimum atomic E-state index is -0.183. The number of para-hydroxylation sites is 2. The summed E-state index contributed by atoms with van der Waals surface area (Å²) < 4.78 is 0. The molecular weight excluding hydrogens is 264 g/mol. The largest absolute Gasteiger partial charge is 0.508 e. The first kappa shape index (κ1) is 13.1. The molecule has 2 aromatic carbocycles. The van der Waals surface area contributed by atoms with Crippen molar-refractivity contribution in [2.45, 2.75) is 6.54 Å². The molecule has 1 amide bonds. The highest BCUT2D eigenvalue weighted by Gasteiger charge is 2.10. The molecule has 3 rings (SSSR count). The van der Waals surface area contributed by atoms with E-state index in [1.807, 2.05) is 30.3 Å². The van der Waals surface area contributed by atoms with Crippen LogP contribution in [0.4, 0.5) is 0 Å². The van der Waals surface area contributed by atoms with Crippen LogP contribution in [0.3, 0.4) is 0 Å². The summed E-state index contributed by atoms with van der Waals surface area (Å²) in [5.74, 6) is -0.00533. The number of rotatable bonds is 3. The van der Waals surface area contributed by atoms with Crippen molar-refractivity contribution in [1.29, 1.82) is 0 Å². The fourth-order valence-corrected chi connectivity index (χ4v) is 2.22. The van der Waals surface area contributed by atoms with Crippen molar-refractivity contribution in [2.24, 2.45) is 0 Å². The number of amides is 1. The van der Waals surface area contributed by atoms with Crippen LogP contribution in [0.1, 0.15) is 15.9 Å². The molecule has 0 radical (unpaired) electrons. The van der Waals surface area contributed by atoms with Gasteiger partial charge in [-0.15, -0.1) is 0 Å². The van der Waals surface area contributed by atoms with E-state index >= 15 is 0 Å². The molecule has 0 spiro atoms. The summed E-state index contributed by atoms with van der Waals surface area (Å²) >= 11 is 0. The fourth-order valence-electron chi connectivity index (χ4n) is 2.22. The molecule has 0 saturated heterocycles. The van der Waals surface area contributed by atoms with Gasteiger partial charge in [0.25, 0.3) is 5.91 Å². The SMILES string of the molecule is O=C(NCc1ccccc1O)c1ccnc2ccccc12. The zero-order chi connectivity index (χ0) is 14.7. The van der Waals surface area contributed by atoms with E-state index in [1.165, 1.54) is 0 Å². The van der Waals surface area contributed by atoms with E-state index in [-0.39, 0.29) is 18.2 Å². The Morgan fingerprint density at radius 1 is 1.05 bits per heavy atom. The van der Waals surface area contributed by atoms with Crippen molar-refractivity contribution in [2.75, 3.05) is 0 Å². The lowest BCUT2D eigenvalue weighted by Gasteiger charge is -2.08. The van der Waals surface area contributed by atoms with Crippen LogP contribution in [0.15, 0.2) is 60.8 Å². The van der Waals surface area contributed by atoms with Crippen molar-refractivity contribution < 1.29 is 9.90 Å². The Labute approximate surface area is 122 Å². The van der Waals surface area contributed by atoms with Crippen molar-refractivity contribution in [3.63, 3.8) is 0 Å². The lowest BCUT2D eigenvalue weighted by atomic mass is 10.1. The predicted octanol–water partition coefficient (Wildman–Crippen LogP) is 2.87. The first-order chi connectivity index (χ1) is 10.3. The van der Waals surface area contributed by atoms with Gasteiger partial charge in [-0.3, -0.25) is 9.78 Å². The van der Waals surface area contributed by atoms with E-state index < -0.39 is 0 Å². The molecule has 0 aliphatic rings. The number of fused-ring (bicyclic) bond motifs is 1. The van der Waals surface area contributed by atoms with E-state index in [1.54, 1.807) is 30.5 Å². The number of benzene rings is 2. The number of aromatic hydroxyl groups is 1. The van der Waals surface area contributed by atoms with E-state index in [2.05, 4.69) is 10.3 Å². The van der Waals surface area contributed by atoms with Gasteiger partial charge in [0.05, 0.1) is 11.1 Å². The third-order valence-corrected chi connectivity index (χ3v) is 3.32. The average Bonchev–Trinajstić information content (AvgIpc) is 2.53. The molecule has 0 atom stereocenters. The molecule has 0 fully saturated rings. The van der Waals surface area contributed by atoms with Crippen molar-refractivity contribution in [1.82, 2.24) is 10.3 Å². The Bertz CT molecular complexity index is 794. The van der Waals surface area contributed by atoms with Crippen LogP contribution >= 0.6 is 0 Å². The summed E-state index contributed by atoms with van der Waals surface area (Å²) in [6.07, 6.45) is 1.62. The van der Waals surface area contributed by atoms with Gasteiger partial charge in [-0.2, -0.15) is 0 Å². The van der Waals surface area contributed by atoms with Gasteiger partial charge in [0.15, 0.2) is 0 Å². The topological polar surface area (TPSA) is 62.2 Å². The van der Waals surface area contributed by atoms with Crippen LogP contribution in [0, 0.1) is 0 Å². The van der Waals surface area contributed by atoms with Gasteiger partial charge in [0.1, 0.15) is 5.75 Å². The Hall–Kier alpha value is -2.88. The first-order valence-electron chi connectivity index (χ1n) is 6.64. The van der Waals surface area contributed by atoms with Gasteiger partial charge in [-0.1, -0.05) is 36.4 Å². The maximum Gasteiger partial charge on any atom is 0.252 e. The zero-order valence-corrected chi connectivity index (χ0v) is 11.3. The third-order valence-electron chi connectivity index (χ3n) is 3.32. The standard InChI is InChI=1S/C17H14N2O2/c20-16-8-4-1-5-12(16)11-19-17(21)14-9-10-18-15-7-3-2-6-13(14)15/h1-10,20H,11H2,(H,19,21). The highest BCUT2D eigenvalue weighted by Crippen LogP contribution is 2.18. The summed E-state index contributed by atoms with van der Waals surface area (Å²) in [5.41, 5.74) is 2.05. The Morgan fingerprint density at radius 3 is 2.67 bits per heavy atom. The number of nitrogens with one attached hydrogen (secondary N) is 1. The summed E-state index contributed by atoms with van der Waals surface area (Å²) in [6.45, 7) is 0.280. The second-order valence-corrected chi connectivity index (χ2v) is 4.69. The van der Waals surface area contributed by atoms with Crippen LogP contribution in [0.25, 0.3) is 10.9 Å². The third kappa shape index (κ3) is 2.69. The summed E-state index contributed by atoms with van der Waals surface area (Å²) in [6, 6.07) is 16.2. The van der Waals surface area contributed by atoms with Gasteiger partial charge < -0.3 is 10.4 Å². The summed E-state index contributed by atoms with van der Waals surface area (Å²) in [4.78, 5) is 16.6. The number of phenols is 1. The molecule has 0 bridgehead atoms. The minimum Gasteiger partial charge on any atom is -0.508 e. The second-order valence-electron chi connectivity index (χ2n) is 4.69. The van der Waals surface area contributed by atoms with Gasteiger partial charge >= 0.3 is 0 Å². The summed E-state index contributed by atoms with van der Waals surface area (Å²) in [7, 11) is 0.